The van der Waals surface area contributed by atoms with Gasteiger partial charge in [0.25, 0.3) is 0 Å². The van der Waals surface area contributed by atoms with E-state index in [0.717, 1.165) is 11.1 Å². The molecular formula is C9H11NO2. The molecule has 0 atom stereocenters. The molecule has 3 heteroatoms. The third kappa shape index (κ3) is 1.75. The zero-order valence-corrected chi connectivity index (χ0v) is 7.13. The Morgan fingerprint density at radius 1 is 1.42 bits per heavy atom. The Bertz CT molecular complexity index is 307. The van der Waals surface area contributed by atoms with Crippen LogP contribution >= 0.6 is 0 Å². The van der Waals surface area contributed by atoms with Crippen molar-refractivity contribution in [1.82, 2.24) is 0 Å². The molecule has 0 saturated heterocycles. The van der Waals surface area contributed by atoms with Crippen LogP contribution in [0.5, 0.6) is 5.75 Å². The van der Waals surface area contributed by atoms with Crippen molar-refractivity contribution in [3.63, 3.8) is 0 Å². The average molecular weight is 165 g/mol. The van der Waals surface area contributed by atoms with Crippen LogP contribution in [-0.4, -0.2) is 6.09 Å². The largest absolute Gasteiger partial charge is 0.410 e. The van der Waals surface area contributed by atoms with Crippen molar-refractivity contribution < 1.29 is 9.53 Å². The van der Waals surface area contributed by atoms with Gasteiger partial charge in [-0.15, -0.1) is 0 Å². The Kier molecular flexibility index (Phi) is 2.33. The van der Waals surface area contributed by atoms with Gasteiger partial charge in [0.05, 0.1) is 0 Å². The summed E-state index contributed by atoms with van der Waals surface area (Å²) in [5.74, 6) is 0.530. The van der Waals surface area contributed by atoms with Crippen LogP contribution in [0.25, 0.3) is 0 Å². The summed E-state index contributed by atoms with van der Waals surface area (Å²) >= 11 is 0. The lowest BCUT2D eigenvalue weighted by Gasteiger charge is -2.06. The van der Waals surface area contributed by atoms with Crippen LogP contribution < -0.4 is 10.5 Å². The minimum atomic E-state index is -0.774. The molecule has 0 bridgehead atoms. The highest BCUT2D eigenvalue weighted by Crippen LogP contribution is 2.20. The maximum absolute atomic E-state index is 10.4. The zero-order chi connectivity index (χ0) is 9.14. The van der Waals surface area contributed by atoms with Gasteiger partial charge in [0, 0.05) is 0 Å². The van der Waals surface area contributed by atoms with E-state index in [1.165, 1.54) is 0 Å². The number of rotatable bonds is 1. The van der Waals surface area contributed by atoms with Crippen LogP contribution in [0.2, 0.25) is 0 Å². The Morgan fingerprint density at radius 3 is 2.67 bits per heavy atom. The third-order valence-electron chi connectivity index (χ3n) is 1.77. The van der Waals surface area contributed by atoms with Gasteiger partial charge < -0.3 is 10.5 Å². The Labute approximate surface area is 71.1 Å². The summed E-state index contributed by atoms with van der Waals surface area (Å²) in [5, 5.41) is 0. The zero-order valence-electron chi connectivity index (χ0n) is 7.13. The molecule has 0 unspecified atom stereocenters. The molecule has 2 N–H and O–H groups in total. The minimum absolute atomic E-state index is 0.530. The second-order valence-corrected chi connectivity index (χ2v) is 2.62. The fourth-order valence-electron chi connectivity index (χ4n) is 0.943. The van der Waals surface area contributed by atoms with Crippen LogP contribution in [0.4, 0.5) is 4.79 Å². The number of amides is 1. The smallest absolute Gasteiger partial charge is 0.409 e. The van der Waals surface area contributed by atoms with E-state index in [-0.39, 0.29) is 0 Å². The molecule has 1 aromatic rings. The molecule has 0 aliphatic rings. The molecule has 1 rings (SSSR count). The summed E-state index contributed by atoms with van der Waals surface area (Å²) in [6.07, 6.45) is -0.774. The molecule has 0 heterocycles. The summed E-state index contributed by atoms with van der Waals surface area (Å²) in [4.78, 5) is 10.4. The SMILES string of the molecule is Cc1cccc(OC(N)=O)c1C. The van der Waals surface area contributed by atoms with E-state index in [1.807, 2.05) is 26.0 Å². The number of carbonyl (C=O) groups is 1. The predicted octanol–water partition coefficient (Wildman–Crippen LogP) is 1.76. The molecule has 1 amide bonds. The number of hydrogen-bond donors (Lipinski definition) is 1. The Morgan fingerprint density at radius 2 is 2.08 bits per heavy atom. The summed E-state index contributed by atoms with van der Waals surface area (Å²) in [6.45, 7) is 3.83. The van der Waals surface area contributed by atoms with Crippen LogP contribution in [-0.2, 0) is 0 Å². The second-order valence-electron chi connectivity index (χ2n) is 2.62. The molecule has 0 spiro atoms. The second kappa shape index (κ2) is 3.26. The molecule has 12 heavy (non-hydrogen) atoms. The van der Waals surface area contributed by atoms with E-state index in [9.17, 15) is 4.79 Å². The maximum atomic E-state index is 10.4. The molecule has 0 fully saturated rings. The number of ether oxygens (including phenoxy) is 1. The fourth-order valence-corrected chi connectivity index (χ4v) is 0.943. The topological polar surface area (TPSA) is 52.3 Å². The van der Waals surface area contributed by atoms with Gasteiger partial charge in [0.15, 0.2) is 0 Å². The monoisotopic (exact) mass is 165 g/mol. The number of nitrogens with two attached hydrogens (primary N) is 1. The quantitative estimate of drug-likeness (QED) is 0.689. The van der Waals surface area contributed by atoms with Gasteiger partial charge in [-0.1, -0.05) is 12.1 Å². The predicted molar refractivity (Wildman–Crippen MR) is 46.1 cm³/mol. The fraction of sp³-hybridized carbons (Fsp3) is 0.222. The minimum Gasteiger partial charge on any atom is -0.410 e. The molecule has 0 aliphatic carbocycles. The summed E-state index contributed by atoms with van der Waals surface area (Å²) in [5.41, 5.74) is 6.90. The summed E-state index contributed by atoms with van der Waals surface area (Å²) < 4.78 is 4.76. The van der Waals surface area contributed by atoms with Crippen molar-refractivity contribution in [3.05, 3.63) is 29.3 Å². The van der Waals surface area contributed by atoms with Crippen LogP contribution in [0.15, 0.2) is 18.2 Å². The number of benzene rings is 1. The van der Waals surface area contributed by atoms with Gasteiger partial charge in [-0.3, -0.25) is 0 Å². The molecule has 0 aliphatic heterocycles. The van der Waals surface area contributed by atoms with Gasteiger partial charge in [0.2, 0.25) is 0 Å². The van der Waals surface area contributed by atoms with Gasteiger partial charge in [0.1, 0.15) is 5.75 Å². The van der Waals surface area contributed by atoms with Crippen LogP contribution in [0, 0.1) is 13.8 Å². The van der Waals surface area contributed by atoms with Crippen molar-refractivity contribution in [2.75, 3.05) is 0 Å². The standard InChI is InChI=1S/C9H11NO2/c1-6-4-3-5-8(7(6)2)12-9(10)11/h3-5H,1-2H3,(H2,10,11). The lowest BCUT2D eigenvalue weighted by molar-refractivity contribution is 0.210. The average Bonchev–Trinajstić information content (AvgIpc) is 1.98. The van der Waals surface area contributed by atoms with Gasteiger partial charge in [-0.2, -0.15) is 0 Å². The van der Waals surface area contributed by atoms with Gasteiger partial charge in [-0.25, -0.2) is 4.79 Å². The molecule has 64 valence electrons. The molecule has 1 aromatic carbocycles. The Hall–Kier alpha value is -1.51. The Balaban J connectivity index is 3.00. The van der Waals surface area contributed by atoms with Crippen molar-refractivity contribution in [3.8, 4) is 5.75 Å². The lowest BCUT2D eigenvalue weighted by atomic mass is 10.1. The van der Waals surface area contributed by atoms with E-state index >= 15 is 0 Å². The van der Waals surface area contributed by atoms with Gasteiger partial charge >= 0.3 is 6.09 Å². The normalized spacial score (nSPS) is 9.50. The number of carbonyl (C=O) groups excluding carboxylic acids is 1. The molecule has 0 aromatic heterocycles. The van der Waals surface area contributed by atoms with Gasteiger partial charge in [-0.05, 0) is 31.0 Å². The van der Waals surface area contributed by atoms with E-state index in [2.05, 4.69) is 0 Å². The van der Waals surface area contributed by atoms with E-state index in [1.54, 1.807) is 6.07 Å². The number of primary amides is 1. The van der Waals surface area contributed by atoms with Crippen molar-refractivity contribution >= 4 is 6.09 Å². The van der Waals surface area contributed by atoms with Crippen molar-refractivity contribution in [1.29, 1.82) is 0 Å². The highest BCUT2D eigenvalue weighted by molar-refractivity contribution is 5.68. The lowest BCUT2D eigenvalue weighted by Crippen LogP contribution is -2.16. The molecule has 0 radical (unpaired) electrons. The van der Waals surface area contributed by atoms with E-state index in [4.69, 9.17) is 10.5 Å². The first kappa shape index (κ1) is 8.59. The van der Waals surface area contributed by atoms with Crippen molar-refractivity contribution in [2.45, 2.75) is 13.8 Å². The first-order valence-electron chi connectivity index (χ1n) is 3.65. The highest BCUT2D eigenvalue weighted by Gasteiger charge is 2.03. The molecule has 0 saturated carbocycles. The first-order chi connectivity index (χ1) is 5.61. The highest BCUT2D eigenvalue weighted by atomic mass is 16.5. The van der Waals surface area contributed by atoms with Crippen LogP contribution in [0.1, 0.15) is 11.1 Å². The van der Waals surface area contributed by atoms with Crippen molar-refractivity contribution in [2.24, 2.45) is 5.73 Å². The molecular weight excluding hydrogens is 154 g/mol. The van der Waals surface area contributed by atoms with E-state index < -0.39 is 6.09 Å². The number of hydrogen-bond acceptors (Lipinski definition) is 2. The third-order valence-corrected chi connectivity index (χ3v) is 1.77. The summed E-state index contributed by atoms with van der Waals surface area (Å²) in [7, 11) is 0. The maximum Gasteiger partial charge on any atom is 0.409 e. The number of aryl methyl sites for hydroxylation is 1. The van der Waals surface area contributed by atoms with E-state index in [0.29, 0.717) is 5.75 Å². The first-order valence-corrected chi connectivity index (χ1v) is 3.65. The van der Waals surface area contributed by atoms with Crippen LogP contribution in [0.3, 0.4) is 0 Å². The molecule has 3 nitrogen and oxygen atoms in total. The summed E-state index contributed by atoms with van der Waals surface area (Å²) in [6, 6.07) is 5.48.